The van der Waals surface area contributed by atoms with Crippen LogP contribution in [0.25, 0.3) is 11.0 Å². The number of hydrogen-bond donors (Lipinski definition) is 1. The van der Waals surface area contributed by atoms with Gasteiger partial charge in [0, 0.05) is 18.5 Å². The van der Waals surface area contributed by atoms with Gasteiger partial charge in [-0.1, -0.05) is 25.5 Å². The topological polar surface area (TPSA) is 53.7 Å². The minimum atomic E-state index is -0.224. The molecular weight excluding hydrogens is 278 g/mol. The second-order valence-corrected chi connectivity index (χ2v) is 5.96. The average molecular weight is 301 g/mol. The van der Waals surface area contributed by atoms with Gasteiger partial charge in [-0.3, -0.25) is 0 Å². The van der Waals surface area contributed by atoms with Crippen LogP contribution in [0, 0.1) is 0 Å². The molecule has 1 fully saturated rings. The Hall–Kier alpha value is -1.81. The summed E-state index contributed by atoms with van der Waals surface area (Å²) >= 11 is 0. The molecule has 0 saturated carbocycles. The first-order valence-electron chi connectivity index (χ1n) is 8.19. The highest BCUT2D eigenvalue weighted by molar-refractivity contribution is 5.95. The van der Waals surface area contributed by atoms with E-state index in [1.165, 1.54) is 0 Å². The van der Waals surface area contributed by atoms with Gasteiger partial charge in [-0.2, -0.15) is 0 Å². The SMILES string of the molecule is CCCCc1c(N2CCCC2)c2c(CO)cccc2oc1=O. The van der Waals surface area contributed by atoms with Gasteiger partial charge in [-0.05, 0) is 37.3 Å². The van der Waals surface area contributed by atoms with Gasteiger partial charge in [-0.15, -0.1) is 0 Å². The van der Waals surface area contributed by atoms with Gasteiger partial charge < -0.3 is 14.4 Å². The Kier molecular flexibility index (Phi) is 4.48. The second-order valence-electron chi connectivity index (χ2n) is 5.96. The largest absolute Gasteiger partial charge is 0.422 e. The number of aliphatic hydroxyl groups is 1. The molecule has 1 aromatic heterocycles. The van der Waals surface area contributed by atoms with Crippen LogP contribution in [0.5, 0.6) is 0 Å². The van der Waals surface area contributed by atoms with Crippen molar-refractivity contribution in [2.45, 2.75) is 45.6 Å². The zero-order valence-electron chi connectivity index (χ0n) is 13.1. The van der Waals surface area contributed by atoms with E-state index in [1.807, 2.05) is 18.2 Å². The number of rotatable bonds is 5. The Morgan fingerprint density at radius 3 is 2.73 bits per heavy atom. The lowest BCUT2D eigenvalue weighted by atomic mass is 10.0. The van der Waals surface area contributed by atoms with Crippen LogP contribution in [-0.4, -0.2) is 18.2 Å². The molecule has 0 amide bonds. The Labute approximate surface area is 130 Å². The molecule has 0 atom stereocenters. The first-order valence-corrected chi connectivity index (χ1v) is 8.19. The summed E-state index contributed by atoms with van der Waals surface area (Å²) < 4.78 is 5.54. The number of aliphatic hydroxyl groups excluding tert-OH is 1. The number of nitrogens with zero attached hydrogens (tertiary/aromatic N) is 1. The fourth-order valence-electron chi connectivity index (χ4n) is 3.33. The number of anilines is 1. The van der Waals surface area contributed by atoms with Gasteiger partial charge in [0.2, 0.25) is 0 Å². The zero-order valence-corrected chi connectivity index (χ0v) is 13.1. The summed E-state index contributed by atoms with van der Waals surface area (Å²) in [6.45, 7) is 4.02. The molecule has 1 aliphatic rings. The number of benzene rings is 1. The van der Waals surface area contributed by atoms with Gasteiger partial charge in [-0.25, -0.2) is 4.79 Å². The molecule has 118 valence electrons. The molecule has 0 aliphatic carbocycles. The van der Waals surface area contributed by atoms with Crippen molar-refractivity contribution in [2.24, 2.45) is 0 Å². The van der Waals surface area contributed by atoms with Crippen molar-refractivity contribution in [3.63, 3.8) is 0 Å². The van der Waals surface area contributed by atoms with E-state index in [2.05, 4.69) is 11.8 Å². The normalized spacial score (nSPS) is 14.9. The van der Waals surface area contributed by atoms with E-state index < -0.39 is 0 Å². The molecule has 0 spiro atoms. The second kappa shape index (κ2) is 6.53. The maximum atomic E-state index is 12.5. The van der Waals surface area contributed by atoms with Crippen molar-refractivity contribution in [1.82, 2.24) is 0 Å². The summed E-state index contributed by atoms with van der Waals surface area (Å²) in [5.41, 5.74) is 2.97. The fraction of sp³-hybridized carbons (Fsp3) is 0.500. The number of fused-ring (bicyclic) bond motifs is 1. The molecule has 0 radical (unpaired) electrons. The summed E-state index contributed by atoms with van der Waals surface area (Å²) in [6, 6.07) is 5.56. The molecule has 22 heavy (non-hydrogen) atoms. The summed E-state index contributed by atoms with van der Waals surface area (Å²) in [4.78, 5) is 14.8. The minimum absolute atomic E-state index is 0.0425. The highest BCUT2D eigenvalue weighted by Gasteiger charge is 2.23. The average Bonchev–Trinajstić information content (AvgIpc) is 3.05. The summed E-state index contributed by atoms with van der Waals surface area (Å²) in [6.07, 6.45) is 5.05. The van der Waals surface area contributed by atoms with Crippen LogP contribution >= 0.6 is 0 Å². The van der Waals surface area contributed by atoms with E-state index in [4.69, 9.17) is 4.42 Å². The van der Waals surface area contributed by atoms with E-state index in [0.717, 1.165) is 67.4 Å². The van der Waals surface area contributed by atoms with Crippen molar-refractivity contribution in [3.8, 4) is 0 Å². The van der Waals surface area contributed by atoms with Gasteiger partial charge in [0.1, 0.15) is 5.58 Å². The quantitative estimate of drug-likeness (QED) is 0.862. The molecule has 0 unspecified atom stereocenters. The van der Waals surface area contributed by atoms with Crippen LogP contribution in [0.2, 0.25) is 0 Å². The smallest absolute Gasteiger partial charge is 0.341 e. The zero-order chi connectivity index (χ0) is 15.5. The Morgan fingerprint density at radius 1 is 1.27 bits per heavy atom. The highest BCUT2D eigenvalue weighted by atomic mass is 16.4. The maximum Gasteiger partial charge on any atom is 0.341 e. The molecule has 4 nitrogen and oxygen atoms in total. The van der Waals surface area contributed by atoms with Gasteiger partial charge in [0.25, 0.3) is 0 Å². The Balaban J connectivity index is 2.28. The lowest BCUT2D eigenvalue weighted by Gasteiger charge is -2.23. The highest BCUT2D eigenvalue weighted by Crippen LogP contribution is 2.34. The van der Waals surface area contributed by atoms with E-state index >= 15 is 0 Å². The third-order valence-electron chi connectivity index (χ3n) is 4.46. The van der Waals surface area contributed by atoms with Crippen molar-refractivity contribution >= 4 is 16.7 Å². The van der Waals surface area contributed by atoms with Crippen LogP contribution < -0.4 is 10.5 Å². The number of hydrogen-bond acceptors (Lipinski definition) is 4. The third-order valence-corrected chi connectivity index (χ3v) is 4.46. The summed E-state index contributed by atoms with van der Waals surface area (Å²) in [5.74, 6) is 0. The van der Waals surface area contributed by atoms with Crippen LogP contribution in [0.4, 0.5) is 5.69 Å². The van der Waals surface area contributed by atoms with Crippen LogP contribution in [0.3, 0.4) is 0 Å². The van der Waals surface area contributed by atoms with Crippen molar-refractivity contribution in [3.05, 3.63) is 39.7 Å². The van der Waals surface area contributed by atoms with E-state index in [9.17, 15) is 9.90 Å². The molecule has 4 heteroatoms. The molecule has 1 aliphatic heterocycles. The molecule has 3 rings (SSSR count). The van der Waals surface area contributed by atoms with Crippen LogP contribution in [-0.2, 0) is 13.0 Å². The predicted molar refractivity (Wildman–Crippen MR) is 88.5 cm³/mol. The van der Waals surface area contributed by atoms with Crippen LogP contribution in [0.1, 0.15) is 43.7 Å². The maximum absolute atomic E-state index is 12.5. The fourth-order valence-corrected chi connectivity index (χ4v) is 3.33. The molecule has 1 N–H and O–H groups in total. The molecule has 0 bridgehead atoms. The molecule has 1 aromatic carbocycles. The Bertz CT molecular complexity index is 714. The van der Waals surface area contributed by atoms with E-state index in [-0.39, 0.29) is 12.2 Å². The van der Waals surface area contributed by atoms with Gasteiger partial charge >= 0.3 is 5.63 Å². The lowest BCUT2D eigenvalue weighted by Crippen LogP contribution is -2.24. The summed E-state index contributed by atoms with van der Waals surface area (Å²) in [7, 11) is 0. The summed E-state index contributed by atoms with van der Waals surface area (Å²) in [5, 5.41) is 10.6. The molecular formula is C18H23NO3. The Morgan fingerprint density at radius 2 is 2.05 bits per heavy atom. The number of unbranched alkanes of at least 4 members (excludes halogenated alkanes) is 1. The standard InChI is InChI=1S/C18H23NO3/c1-2-3-8-14-17(19-10-4-5-11-19)16-13(12-20)7-6-9-15(16)22-18(14)21/h6-7,9,20H,2-5,8,10-12H2,1H3. The van der Waals surface area contributed by atoms with Crippen LogP contribution in [0.15, 0.2) is 27.4 Å². The van der Waals surface area contributed by atoms with Crippen molar-refractivity contribution in [2.75, 3.05) is 18.0 Å². The predicted octanol–water partition coefficient (Wildman–Crippen LogP) is 3.23. The first kappa shape index (κ1) is 15.1. The monoisotopic (exact) mass is 301 g/mol. The first-order chi connectivity index (χ1) is 10.8. The third kappa shape index (κ3) is 2.63. The van der Waals surface area contributed by atoms with Gasteiger partial charge in [0.05, 0.1) is 17.9 Å². The lowest BCUT2D eigenvalue weighted by molar-refractivity contribution is 0.283. The molecule has 2 aromatic rings. The molecule has 1 saturated heterocycles. The minimum Gasteiger partial charge on any atom is -0.422 e. The van der Waals surface area contributed by atoms with Gasteiger partial charge in [0.15, 0.2) is 0 Å². The van der Waals surface area contributed by atoms with E-state index in [0.29, 0.717) is 5.58 Å². The van der Waals surface area contributed by atoms with Crippen molar-refractivity contribution in [1.29, 1.82) is 0 Å². The molecule has 2 heterocycles. The van der Waals surface area contributed by atoms with Crippen molar-refractivity contribution < 1.29 is 9.52 Å². The van der Waals surface area contributed by atoms with E-state index in [1.54, 1.807) is 0 Å².